The van der Waals surface area contributed by atoms with Gasteiger partial charge in [-0.25, -0.2) is 0 Å². The summed E-state index contributed by atoms with van der Waals surface area (Å²) in [6.07, 6.45) is 3.70. The first kappa shape index (κ1) is 17.6. The maximum Gasteiger partial charge on any atom is 0.737 e. The molecule has 2 aliphatic heterocycles. The van der Waals surface area contributed by atoms with Gasteiger partial charge >= 0.3 is 12.9 Å². The van der Waals surface area contributed by atoms with Crippen molar-refractivity contribution in [1.29, 1.82) is 0 Å². The van der Waals surface area contributed by atoms with Crippen molar-refractivity contribution >= 4 is 24.2 Å². The Balaban J connectivity index is 2.13. The van der Waals surface area contributed by atoms with Crippen LogP contribution in [0.25, 0.3) is 5.57 Å². The van der Waals surface area contributed by atoms with Crippen molar-refractivity contribution in [3.05, 3.63) is 40.4 Å². The zero-order valence-corrected chi connectivity index (χ0v) is 15.1. The van der Waals surface area contributed by atoms with E-state index in [1.807, 2.05) is 13.8 Å². The number of fused-ring (bicyclic) bond motifs is 2. The van der Waals surface area contributed by atoms with E-state index >= 15 is 8.63 Å². The summed E-state index contributed by atoms with van der Waals surface area (Å²) in [6.45, 7) is 3.23. The molecule has 0 aromatic carbocycles. The Hall–Kier alpha value is -2.18. The summed E-state index contributed by atoms with van der Waals surface area (Å²) in [5, 5.41) is 8.82. The standard InChI is InChI=1S/C18H23BF2N2O2/c1-11-9-13(3)22-17(11)15(7-5-6-8-16(24)25)18-12(2)10-14(4)23(18)19(22,20)21/h9-10H,5-8H2,1-4H3,(H,24,25). The number of nitrogens with zero attached hydrogens (tertiary/aromatic N) is 2. The second kappa shape index (κ2) is 5.97. The molecule has 0 radical (unpaired) electrons. The molecule has 3 heterocycles. The van der Waals surface area contributed by atoms with E-state index in [0.29, 0.717) is 42.1 Å². The average molecular weight is 348 g/mol. The maximum atomic E-state index is 15.3. The van der Waals surface area contributed by atoms with Gasteiger partial charge in [-0.05, 0) is 57.4 Å². The largest absolute Gasteiger partial charge is 0.737 e. The van der Waals surface area contributed by atoms with E-state index in [-0.39, 0.29) is 6.42 Å². The number of aromatic nitrogens is 1. The molecular weight excluding hydrogens is 325 g/mol. The summed E-state index contributed by atoms with van der Waals surface area (Å²) in [4.78, 5) is 10.7. The number of allylic oxidation sites excluding steroid dienone is 3. The van der Waals surface area contributed by atoms with Crippen LogP contribution in [0.4, 0.5) is 8.63 Å². The Labute approximate surface area is 146 Å². The number of aryl methyl sites for hydroxylation is 2. The molecule has 1 aromatic heterocycles. The number of rotatable bonds is 5. The molecule has 0 fully saturated rings. The normalized spacial score (nSPS) is 18.4. The Bertz CT molecular complexity index is 863. The molecule has 0 aliphatic carbocycles. The first-order valence-electron chi connectivity index (χ1n) is 8.64. The van der Waals surface area contributed by atoms with Crippen molar-refractivity contribution in [1.82, 2.24) is 4.48 Å². The van der Waals surface area contributed by atoms with Gasteiger partial charge in [-0.3, -0.25) is 4.79 Å². The molecule has 0 atom stereocenters. The van der Waals surface area contributed by atoms with Crippen LogP contribution in [0.3, 0.4) is 0 Å². The quantitative estimate of drug-likeness (QED) is 0.642. The molecule has 1 aromatic rings. The van der Waals surface area contributed by atoms with Crippen molar-refractivity contribution in [2.45, 2.75) is 53.4 Å². The minimum absolute atomic E-state index is 0.103. The minimum Gasteiger partial charge on any atom is -0.481 e. The third-order valence-corrected chi connectivity index (χ3v) is 5.10. The predicted octanol–water partition coefficient (Wildman–Crippen LogP) is 4.13. The molecule has 7 heteroatoms. The van der Waals surface area contributed by atoms with Crippen LogP contribution in [0, 0.1) is 13.8 Å². The van der Waals surface area contributed by atoms with Crippen molar-refractivity contribution in [3.63, 3.8) is 0 Å². The van der Waals surface area contributed by atoms with Gasteiger partial charge in [0.15, 0.2) is 5.70 Å². The zero-order valence-electron chi connectivity index (χ0n) is 15.1. The summed E-state index contributed by atoms with van der Waals surface area (Å²) >= 11 is 0. The van der Waals surface area contributed by atoms with Crippen LogP contribution in [-0.2, 0) is 4.79 Å². The average Bonchev–Trinajstić information content (AvgIpc) is 2.95. The second-order valence-corrected chi connectivity index (χ2v) is 7.04. The lowest BCUT2D eigenvalue weighted by molar-refractivity contribution is -0.363. The molecule has 2 aliphatic rings. The Morgan fingerprint density at radius 3 is 2.56 bits per heavy atom. The van der Waals surface area contributed by atoms with E-state index in [0.717, 1.165) is 16.7 Å². The monoisotopic (exact) mass is 348 g/mol. The van der Waals surface area contributed by atoms with Crippen LogP contribution in [-0.4, -0.2) is 32.7 Å². The van der Waals surface area contributed by atoms with Crippen LogP contribution in [0.5, 0.6) is 0 Å². The molecule has 0 saturated heterocycles. The minimum atomic E-state index is -3.92. The molecular formula is C18H23BF2N2O2. The number of halogens is 2. The lowest BCUT2D eigenvalue weighted by atomic mass is 9.84. The number of carbonyl (C=O) groups is 1. The molecule has 0 amide bonds. The Morgan fingerprint density at radius 1 is 1.24 bits per heavy atom. The van der Waals surface area contributed by atoms with Crippen LogP contribution in [0.2, 0.25) is 0 Å². The van der Waals surface area contributed by atoms with Gasteiger partial charge in [0.05, 0.1) is 0 Å². The van der Waals surface area contributed by atoms with E-state index in [9.17, 15) is 4.79 Å². The zero-order chi connectivity index (χ0) is 18.5. The van der Waals surface area contributed by atoms with Crippen LogP contribution < -0.4 is 0 Å². The summed E-state index contributed by atoms with van der Waals surface area (Å²) in [5.74, 6) is -0.825. The highest BCUT2D eigenvalue weighted by Gasteiger charge is 2.54. The van der Waals surface area contributed by atoms with Gasteiger partial charge in [0.25, 0.3) is 0 Å². The topological polar surface area (TPSA) is 45.2 Å². The van der Waals surface area contributed by atoms with Gasteiger partial charge in [-0.2, -0.15) is 0 Å². The lowest BCUT2D eigenvalue weighted by Crippen LogP contribution is -2.51. The SMILES string of the molecule is CC1=CC(C)=[N+]2C1=C(CCCCC(=O)O)c1c(C)cc(C)n1[B-]2(F)F. The second-order valence-electron chi connectivity index (χ2n) is 7.04. The highest BCUT2D eigenvalue weighted by atomic mass is 19.2. The molecule has 0 bridgehead atoms. The Kier molecular flexibility index (Phi) is 4.21. The number of hydrogen-bond acceptors (Lipinski definition) is 1. The fraction of sp³-hybridized carbons (Fsp3) is 0.444. The van der Waals surface area contributed by atoms with Gasteiger partial charge in [0, 0.05) is 36.3 Å². The van der Waals surface area contributed by atoms with E-state index in [1.54, 1.807) is 26.0 Å². The highest BCUT2D eigenvalue weighted by molar-refractivity contribution is 6.58. The number of hydrogen-bond donors (Lipinski definition) is 1. The molecule has 0 saturated carbocycles. The van der Waals surface area contributed by atoms with Gasteiger partial charge < -0.3 is 22.7 Å². The predicted molar refractivity (Wildman–Crippen MR) is 95.0 cm³/mol. The fourth-order valence-corrected chi connectivity index (χ4v) is 4.25. The first-order chi connectivity index (χ1) is 11.7. The van der Waals surface area contributed by atoms with Gasteiger partial charge in [-0.1, -0.05) is 0 Å². The molecule has 25 heavy (non-hydrogen) atoms. The highest BCUT2D eigenvalue weighted by Crippen LogP contribution is 2.43. The van der Waals surface area contributed by atoms with Crippen molar-refractivity contribution < 1.29 is 23.0 Å². The van der Waals surface area contributed by atoms with Gasteiger partial charge in [0.2, 0.25) is 0 Å². The van der Waals surface area contributed by atoms with Crippen LogP contribution in [0.1, 0.15) is 56.5 Å². The van der Waals surface area contributed by atoms with E-state index in [2.05, 4.69) is 0 Å². The van der Waals surface area contributed by atoms with E-state index in [4.69, 9.17) is 5.11 Å². The lowest BCUT2D eigenvalue weighted by Gasteiger charge is -2.34. The number of aliphatic carboxylic acids is 1. The van der Waals surface area contributed by atoms with Crippen molar-refractivity contribution in [2.24, 2.45) is 0 Å². The molecule has 0 unspecified atom stereocenters. The summed E-state index contributed by atoms with van der Waals surface area (Å²) < 4.78 is 33.0. The van der Waals surface area contributed by atoms with Gasteiger partial charge in [0.1, 0.15) is 5.71 Å². The number of unbranched alkanes of at least 4 members (excludes halogenated alkanes) is 1. The summed E-state index contributed by atoms with van der Waals surface area (Å²) in [5.41, 5.74) is 4.90. The number of carboxylic acids is 1. The molecule has 0 spiro atoms. The summed E-state index contributed by atoms with van der Waals surface area (Å²) in [7, 11) is 0. The third kappa shape index (κ3) is 2.66. The van der Waals surface area contributed by atoms with Crippen molar-refractivity contribution in [3.8, 4) is 0 Å². The molecule has 4 nitrogen and oxygen atoms in total. The van der Waals surface area contributed by atoms with Crippen LogP contribution >= 0.6 is 0 Å². The molecule has 134 valence electrons. The smallest absolute Gasteiger partial charge is 0.481 e. The maximum absolute atomic E-state index is 15.3. The Morgan fingerprint density at radius 2 is 1.92 bits per heavy atom. The van der Waals surface area contributed by atoms with Gasteiger partial charge in [-0.15, -0.1) is 0 Å². The molecule has 3 rings (SSSR count). The first-order valence-corrected chi connectivity index (χ1v) is 8.64. The summed E-state index contributed by atoms with van der Waals surface area (Å²) in [6, 6.07) is 1.80. The number of carboxylic acid groups (broad SMARTS) is 1. The van der Waals surface area contributed by atoms with Crippen LogP contribution in [0.15, 0.2) is 23.4 Å². The molecule has 1 N–H and O–H groups in total. The third-order valence-electron chi connectivity index (χ3n) is 5.10. The van der Waals surface area contributed by atoms with E-state index in [1.165, 1.54) is 8.96 Å². The van der Waals surface area contributed by atoms with Crippen molar-refractivity contribution in [2.75, 3.05) is 0 Å². The fourth-order valence-electron chi connectivity index (χ4n) is 4.25. The van der Waals surface area contributed by atoms with E-state index < -0.39 is 12.9 Å².